The van der Waals surface area contributed by atoms with Gasteiger partial charge in [0, 0.05) is 46.5 Å². The number of likely N-dealkylation sites (tertiary alicyclic amines) is 1. The number of halogens is 3. The van der Waals surface area contributed by atoms with Gasteiger partial charge >= 0.3 is 0 Å². The number of rotatable bonds is 4. The molecule has 1 spiro atoms. The largest absolute Gasteiger partial charge is 0.307 e. The second kappa shape index (κ2) is 9.49. The summed E-state index contributed by atoms with van der Waals surface area (Å²) in [5, 5.41) is 0.975. The van der Waals surface area contributed by atoms with Gasteiger partial charge in [0.25, 0.3) is 5.91 Å². The number of hydrogen-bond donors (Lipinski definition) is 0. The molecule has 0 atom stereocenters. The van der Waals surface area contributed by atoms with E-state index in [9.17, 15) is 9.18 Å². The maximum atomic E-state index is 13.9. The number of pyridine rings is 1. The number of nitrogens with zero attached hydrogens (tertiary/aromatic N) is 3. The maximum Gasteiger partial charge on any atom is 0.258 e. The van der Waals surface area contributed by atoms with Crippen LogP contribution in [-0.4, -0.2) is 42.0 Å². The van der Waals surface area contributed by atoms with E-state index in [0.29, 0.717) is 27.8 Å². The third kappa shape index (κ3) is 4.48. The normalized spacial score (nSPS) is 17.4. The molecule has 5 rings (SSSR count). The van der Waals surface area contributed by atoms with Gasteiger partial charge in [-0.05, 0) is 67.9 Å². The first-order chi connectivity index (χ1) is 16.4. The van der Waals surface area contributed by atoms with Crippen LogP contribution in [0.4, 0.5) is 10.1 Å². The molecule has 0 saturated carbocycles. The predicted molar refractivity (Wildman–Crippen MR) is 135 cm³/mol. The van der Waals surface area contributed by atoms with Gasteiger partial charge < -0.3 is 4.90 Å². The van der Waals surface area contributed by atoms with E-state index in [1.54, 1.807) is 30.5 Å². The average molecular weight is 496 g/mol. The molecule has 1 saturated heterocycles. The van der Waals surface area contributed by atoms with Crippen LogP contribution in [0.25, 0.3) is 6.08 Å². The minimum Gasteiger partial charge on any atom is -0.307 e. The monoisotopic (exact) mass is 495 g/mol. The lowest BCUT2D eigenvalue weighted by atomic mass is 9.74. The van der Waals surface area contributed by atoms with Crippen LogP contribution in [0.1, 0.15) is 34.3 Å². The van der Waals surface area contributed by atoms with Crippen molar-refractivity contribution in [2.45, 2.75) is 18.3 Å². The molecule has 1 aromatic heterocycles. The average Bonchev–Trinajstić information content (AvgIpc) is 3.14. The Morgan fingerprint density at radius 2 is 1.88 bits per heavy atom. The number of amides is 1. The fourth-order valence-electron chi connectivity index (χ4n) is 5.04. The summed E-state index contributed by atoms with van der Waals surface area (Å²) in [5.74, 6) is -0.295. The molecule has 0 bridgehead atoms. The Balaban J connectivity index is 1.33. The number of carbonyl (C=O) groups excluding carboxylic acids is 1. The number of piperidine rings is 1. The van der Waals surface area contributed by atoms with Gasteiger partial charge in [0.05, 0.1) is 0 Å². The molecule has 3 heterocycles. The number of carbonyl (C=O) groups is 1. The fraction of sp³-hybridized carbons (Fsp3) is 0.259. The van der Waals surface area contributed by atoms with Gasteiger partial charge in [0.2, 0.25) is 0 Å². The van der Waals surface area contributed by atoms with Crippen LogP contribution >= 0.6 is 23.2 Å². The molecule has 0 aliphatic carbocycles. The summed E-state index contributed by atoms with van der Waals surface area (Å²) in [7, 11) is 0. The summed E-state index contributed by atoms with van der Waals surface area (Å²) in [5.41, 5.74) is 3.03. The molecule has 3 aromatic rings. The molecule has 0 N–H and O–H groups in total. The molecule has 174 valence electrons. The van der Waals surface area contributed by atoms with Crippen LogP contribution in [0.5, 0.6) is 0 Å². The Bertz CT molecular complexity index is 1250. The van der Waals surface area contributed by atoms with Crippen molar-refractivity contribution in [1.29, 1.82) is 0 Å². The molecule has 34 heavy (non-hydrogen) atoms. The van der Waals surface area contributed by atoms with Crippen molar-refractivity contribution in [3.63, 3.8) is 0 Å². The second-order valence-electron chi connectivity index (χ2n) is 8.92. The highest BCUT2D eigenvalue weighted by atomic mass is 35.5. The molecular weight excluding hydrogens is 472 g/mol. The number of fused-ring (bicyclic) bond motifs is 2. The van der Waals surface area contributed by atoms with Gasteiger partial charge in [-0.3, -0.25) is 9.69 Å². The summed E-state index contributed by atoms with van der Waals surface area (Å²) in [4.78, 5) is 21.6. The molecule has 2 aliphatic rings. The Labute approximate surface area is 208 Å². The lowest BCUT2D eigenvalue weighted by molar-refractivity contribution is 0.0977. The minimum atomic E-state index is -0.212. The summed E-state index contributed by atoms with van der Waals surface area (Å²) < 4.78 is 13.9. The first kappa shape index (κ1) is 23.0. The van der Waals surface area contributed by atoms with Crippen molar-refractivity contribution in [3.05, 3.63) is 99.6 Å². The molecule has 0 radical (unpaired) electrons. The third-order valence-electron chi connectivity index (χ3n) is 6.88. The Hall–Kier alpha value is -2.73. The van der Waals surface area contributed by atoms with E-state index in [2.05, 4.69) is 9.88 Å². The van der Waals surface area contributed by atoms with Crippen molar-refractivity contribution >= 4 is 40.9 Å². The zero-order valence-electron chi connectivity index (χ0n) is 18.6. The van der Waals surface area contributed by atoms with E-state index < -0.39 is 0 Å². The van der Waals surface area contributed by atoms with Gasteiger partial charge in [0.15, 0.2) is 0 Å². The van der Waals surface area contributed by atoms with E-state index in [-0.39, 0.29) is 17.1 Å². The number of anilines is 1. The van der Waals surface area contributed by atoms with Crippen LogP contribution in [0.3, 0.4) is 0 Å². The molecule has 1 amide bonds. The SMILES string of the molecule is O=C(c1ccnc(Cl)c1)N1CC2(CCN(CC=Cc3ccccc3F)CC2)c2cc(Cl)ccc21. The van der Waals surface area contributed by atoms with Crippen molar-refractivity contribution in [1.82, 2.24) is 9.88 Å². The highest BCUT2D eigenvalue weighted by molar-refractivity contribution is 6.31. The molecule has 0 unspecified atom stereocenters. The van der Waals surface area contributed by atoms with E-state index >= 15 is 0 Å². The van der Waals surface area contributed by atoms with E-state index in [0.717, 1.165) is 43.7 Å². The molecule has 4 nitrogen and oxygen atoms in total. The van der Waals surface area contributed by atoms with Crippen LogP contribution in [-0.2, 0) is 5.41 Å². The zero-order chi connectivity index (χ0) is 23.7. The van der Waals surface area contributed by atoms with Crippen LogP contribution in [0.15, 0.2) is 66.9 Å². The lowest BCUT2D eigenvalue weighted by Gasteiger charge is -2.39. The molecule has 2 aliphatic heterocycles. The minimum absolute atomic E-state index is 0.0833. The highest BCUT2D eigenvalue weighted by Gasteiger charge is 2.46. The van der Waals surface area contributed by atoms with E-state index in [1.165, 1.54) is 6.07 Å². The molecule has 7 heteroatoms. The number of hydrogen-bond acceptors (Lipinski definition) is 3. The van der Waals surface area contributed by atoms with Crippen molar-refractivity contribution in [2.75, 3.05) is 31.1 Å². The van der Waals surface area contributed by atoms with Crippen molar-refractivity contribution < 1.29 is 9.18 Å². The predicted octanol–water partition coefficient (Wildman–Crippen LogP) is 6.23. The quantitative estimate of drug-likeness (QED) is 0.402. The summed E-state index contributed by atoms with van der Waals surface area (Å²) >= 11 is 12.4. The van der Waals surface area contributed by atoms with Gasteiger partial charge in [-0.25, -0.2) is 9.37 Å². The first-order valence-corrected chi connectivity index (χ1v) is 12.1. The Morgan fingerprint density at radius 3 is 2.65 bits per heavy atom. The van der Waals surface area contributed by atoms with Crippen LogP contribution in [0, 0.1) is 5.82 Å². The molecule has 2 aromatic carbocycles. The van der Waals surface area contributed by atoms with Gasteiger partial charge in [-0.1, -0.05) is 53.6 Å². The summed E-state index contributed by atoms with van der Waals surface area (Å²) in [6.45, 7) is 3.14. The summed E-state index contributed by atoms with van der Waals surface area (Å²) in [6, 6.07) is 15.9. The smallest absolute Gasteiger partial charge is 0.258 e. The second-order valence-corrected chi connectivity index (χ2v) is 9.75. The van der Waals surface area contributed by atoms with Gasteiger partial charge in [0.1, 0.15) is 11.0 Å². The van der Waals surface area contributed by atoms with E-state index in [4.69, 9.17) is 23.2 Å². The Morgan fingerprint density at radius 1 is 1.09 bits per heavy atom. The van der Waals surface area contributed by atoms with E-state index in [1.807, 2.05) is 41.3 Å². The fourth-order valence-corrected chi connectivity index (χ4v) is 5.39. The zero-order valence-corrected chi connectivity index (χ0v) is 20.1. The first-order valence-electron chi connectivity index (χ1n) is 11.3. The standard InChI is InChI=1S/C27H24Cl2FN3O/c28-21-7-8-24-22(17-21)27(18-33(24)26(34)20-9-12-31-25(29)16-20)10-14-32(15-11-27)13-3-5-19-4-1-2-6-23(19)30/h1-9,12,16-17H,10-11,13-15,18H2. The molecule has 1 fully saturated rings. The highest BCUT2D eigenvalue weighted by Crippen LogP contribution is 2.48. The third-order valence-corrected chi connectivity index (χ3v) is 7.32. The van der Waals surface area contributed by atoms with Crippen molar-refractivity contribution in [3.8, 4) is 0 Å². The lowest BCUT2D eigenvalue weighted by Crippen LogP contribution is -2.46. The van der Waals surface area contributed by atoms with Crippen LogP contribution < -0.4 is 4.90 Å². The maximum absolute atomic E-state index is 13.9. The topological polar surface area (TPSA) is 36.4 Å². The number of benzene rings is 2. The Kier molecular flexibility index (Phi) is 6.43. The number of aromatic nitrogens is 1. The van der Waals surface area contributed by atoms with Gasteiger partial charge in [-0.2, -0.15) is 0 Å². The van der Waals surface area contributed by atoms with Gasteiger partial charge in [-0.15, -0.1) is 0 Å². The van der Waals surface area contributed by atoms with Crippen molar-refractivity contribution in [2.24, 2.45) is 0 Å². The molecular formula is C27H24Cl2FN3O. The van der Waals surface area contributed by atoms with Crippen LogP contribution in [0.2, 0.25) is 10.2 Å². The summed E-state index contributed by atoms with van der Waals surface area (Å²) in [6.07, 6.45) is 7.23.